The summed E-state index contributed by atoms with van der Waals surface area (Å²) in [5.74, 6) is -1.10. The molecule has 1 heterocycles. The molecule has 2 atom stereocenters. The number of aryl methyl sites for hydroxylation is 1. The van der Waals surface area contributed by atoms with E-state index in [1.54, 1.807) is 24.3 Å². The SMILES string of the molecule is CCC1=NOC(C(=O)O)(C(OCc2ccccc2C)c2ccc(Cl)cc2)C1. The first-order valence-electron chi connectivity index (χ1n) is 8.85. The molecule has 6 heteroatoms. The third kappa shape index (κ3) is 3.99. The van der Waals surface area contributed by atoms with Gasteiger partial charge in [-0.1, -0.05) is 60.1 Å². The predicted octanol–water partition coefficient (Wildman–Crippen LogP) is 4.92. The lowest BCUT2D eigenvalue weighted by molar-refractivity contribution is -0.187. The number of oxime groups is 1. The Kier molecular flexibility index (Phi) is 5.82. The highest BCUT2D eigenvalue weighted by atomic mass is 35.5. The minimum atomic E-state index is -1.60. The van der Waals surface area contributed by atoms with Crippen LogP contribution in [0.25, 0.3) is 0 Å². The largest absolute Gasteiger partial charge is 0.478 e. The fourth-order valence-corrected chi connectivity index (χ4v) is 3.28. The maximum Gasteiger partial charge on any atom is 0.354 e. The molecule has 0 spiro atoms. The molecule has 2 aromatic rings. The number of hydrogen-bond acceptors (Lipinski definition) is 4. The Hall–Kier alpha value is -2.37. The molecule has 142 valence electrons. The maximum absolute atomic E-state index is 12.2. The van der Waals surface area contributed by atoms with Crippen LogP contribution in [-0.2, 0) is 21.0 Å². The maximum atomic E-state index is 12.2. The molecule has 5 nitrogen and oxygen atoms in total. The first-order valence-corrected chi connectivity index (χ1v) is 9.23. The van der Waals surface area contributed by atoms with E-state index in [1.807, 2.05) is 38.1 Å². The molecular weight excluding hydrogens is 366 g/mol. The van der Waals surface area contributed by atoms with Crippen LogP contribution in [0.2, 0.25) is 5.02 Å². The van der Waals surface area contributed by atoms with Crippen molar-refractivity contribution < 1.29 is 19.5 Å². The summed E-state index contributed by atoms with van der Waals surface area (Å²) in [6.45, 7) is 4.18. The smallest absolute Gasteiger partial charge is 0.354 e. The van der Waals surface area contributed by atoms with Gasteiger partial charge in [-0.05, 0) is 42.2 Å². The van der Waals surface area contributed by atoms with E-state index in [4.69, 9.17) is 21.2 Å². The van der Waals surface area contributed by atoms with Crippen LogP contribution < -0.4 is 0 Å². The number of carboxylic acid groups (broad SMARTS) is 1. The van der Waals surface area contributed by atoms with Crippen molar-refractivity contribution in [3.63, 3.8) is 0 Å². The lowest BCUT2D eigenvalue weighted by atomic mass is 9.86. The molecule has 2 aromatic carbocycles. The molecule has 0 radical (unpaired) electrons. The third-order valence-corrected chi connectivity index (χ3v) is 5.09. The topological polar surface area (TPSA) is 68.1 Å². The molecule has 1 aliphatic heterocycles. The summed E-state index contributed by atoms with van der Waals surface area (Å²) in [7, 11) is 0. The Labute approximate surface area is 163 Å². The van der Waals surface area contributed by atoms with Crippen LogP contribution in [0.5, 0.6) is 0 Å². The van der Waals surface area contributed by atoms with Crippen molar-refractivity contribution in [3.05, 3.63) is 70.2 Å². The Morgan fingerprint density at radius 2 is 2.00 bits per heavy atom. The summed E-state index contributed by atoms with van der Waals surface area (Å²) in [6, 6.07) is 14.8. The molecule has 0 bridgehead atoms. The summed E-state index contributed by atoms with van der Waals surface area (Å²) in [6.07, 6.45) is -0.0280. The van der Waals surface area contributed by atoms with Gasteiger partial charge < -0.3 is 14.7 Å². The van der Waals surface area contributed by atoms with Gasteiger partial charge in [-0.2, -0.15) is 0 Å². The predicted molar refractivity (Wildman–Crippen MR) is 104 cm³/mol. The molecule has 2 unspecified atom stereocenters. The minimum absolute atomic E-state index is 0.180. The second-order valence-corrected chi connectivity index (χ2v) is 7.08. The van der Waals surface area contributed by atoms with Gasteiger partial charge in [0.25, 0.3) is 5.60 Å². The fourth-order valence-electron chi connectivity index (χ4n) is 3.15. The molecular formula is C21H22ClNO4. The highest BCUT2D eigenvalue weighted by molar-refractivity contribution is 6.30. The van der Waals surface area contributed by atoms with Crippen molar-refractivity contribution in [1.82, 2.24) is 0 Å². The lowest BCUT2D eigenvalue weighted by Crippen LogP contribution is -2.46. The van der Waals surface area contributed by atoms with Crippen molar-refractivity contribution in [2.24, 2.45) is 5.16 Å². The number of benzene rings is 2. The van der Waals surface area contributed by atoms with Crippen LogP contribution in [0.15, 0.2) is 53.7 Å². The van der Waals surface area contributed by atoms with Gasteiger partial charge in [0, 0.05) is 11.4 Å². The number of ether oxygens (including phenoxy) is 1. The third-order valence-electron chi connectivity index (χ3n) is 4.84. The molecule has 0 saturated carbocycles. The molecule has 0 amide bonds. The first-order chi connectivity index (χ1) is 13.0. The number of rotatable bonds is 7. The summed E-state index contributed by atoms with van der Waals surface area (Å²) < 4.78 is 6.15. The quantitative estimate of drug-likeness (QED) is 0.732. The molecule has 1 N–H and O–H groups in total. The van der Waals surface area contributed by atoms with Gasteiger partial charge in [-0.25, -0.2) is 4.79 Å². The average Bonchev–Trinajstić information content (AvgIpc) is 3.10. The Morgan fingerprint density at radius 3 is 2.59 bits per heavy atom. The number of nitrogens with zero attached hydrogens (tertiary/aromatic N) is 1. The number of aliphatic carboxylic acids is 1. The molecule has 0 aliphatic carbocycles. The standard InChI is InChI=1S/C21H22ClNO4/c1-3-18-12-21(20(24)25,27-23-18)19(15-8-10-17(22)11-9-15)26-13-16-7-5-4-6-14(16)2/h4-11,19H,3,12-13H2,1-2H3,(H,24,25). The van der Waals surface area contributed by atoms with Crippen LogP contribution in [-0.4, -0.2) is 22.4 Å². The molecule has 27 heavy (non-hydrogen) atoms. The van der Waals surface area contributed by atoms with Crippen molar-refractivity contribution in [2.45, 2.75) is 45.0 Å². The van der Waals surface area contributed by atoms with Gasteiger partial charge in [0.05, 0.1) is 12.3 Å². The van der Waals surface area contributed by atoms with Gasteiger partial charge in [0.1, 0.15) is 6.10 Å². The van der Waals surface area contributed by atoms with Crippen molar-refractivity contribution in [3.8, 4) is 0 Å². The number of carboxylic acids is 1. The minimum Gasteiger partial charge on any atom is -0.478 e. The van der Waals surface area contributed by atoms with Gasteiger partial charge >= 0.3 is 5.97 Å². The van der Waals surface area contributed by atoms with Gasteiger partial charge in [0.15, 0.2) is 0 Å². The summed E-state index contributed by atoms with van der Waals surface area (Å²) in [5.41, 5.74) is 1.86. The summed E-state index contributed by atoms with van der Waals surface area (Å²) in [4.78, 5) is 17.7. The molecule has 0 fully saturated rings. The zero-order valence-corrected chi connectivity index (χ0v) is 16.1. The van der Waals surface area contributed by atoms with Crippen molar-refractivity contribution in [2.75, 3.05) is 0 Å². The summed E-state index contributed by atoms with van der Waals surface area (Å²) in [5, 5.41) is 14.6. The van der Waals surface area contributed by atoms with E-state index < -0.39 is 17.7 Å². The summed E-state index contributed by atoms with van der Waals surface area (Å²) >= 11 is 6.00. The van der Waals surface area contributed by atoms with Crippen molar-refractivity contribution in [1.29, 1.82) is 0 Å². The highest BCUT2D eigenvalue weighted by Gasteiger charge is 2.54. The monoisotopic (exact) mass is 387 g/mol. The van der Waals surface area contributed by atoms with Gasteiger partial charge in [-0.15, -0.1) is 0 Å². The molecule has 1 aliphatic rings. The zero-order valence-electron chi connectivity index (χ0n) is 15.3. The van der Waals surface area contributed by atoms with Crippen LogP contribution in [0.1, 0.15) is 42.6 Å². The Morgan fingerprint density at radius 1 is 1.30 bits per heavy atom. The number of halogens is 1. The van der Waals surface area contributed by atoms with E-state index in [-0.39, 0.29) is 13.0 Å². The second-order valence-electron chi connectivity index (χ2n) is 6.64. The van der Waals surface area contributed by atoms with E-state index in [2.05, 4.69) is 5.16 Å². The highest BCUT2D eigenvalue weighted by Crippen LogP contribution is 2.41. The lowest BCUT2D eigenvalue weighted by Gasteiger charge is -2.31. The Balaban J connectivity index is 1.95. The molecule has 0 saturated heterocycles. The van der Waals surface area contributed by atoms with Crippen LogP contribution in [0, 0.1) is 6.92 Å². The van der Waals surface area contributed by atoms with E-state index in [1.165, 1.54) is 0 Å². The average molecular weight is 388 g/mol. The van der Waals surface area contributed by atoms with Gasteiger partial charge in [-0.3, -0.25) is 0 Å². The van der Waals surface area contributed by atoms with Crippen LogP contribution in [0.4, 0.5) is 0 Å². The van der Waals surface area contributed by atoms with Gasteiger partial charge in [0.2, 0.25) is 0 Å². The molecule has 0 aromatic heterocycles. The number of hydrogen-bond donors (Lipinski definition) is 1. The van der Waals surface area contributed by atoms with E-state index in [0.717, 1.165) is 11.1 Å². The fraction of sp³-hybridized carbons (Fsp3) is 0.333. The van der Waals surface area contributed by atoms with E-state index in [9.17, 15) is 9.90 Å². The van der Waals surface area contributed by atoms with E-state index >= 15 is 0 Å². The molecule has 3 rings (SSSR count). The van der Waals surface area contributed by atoms with Crippen LogP contribution >= 0.6 is 11.6 Å². The zero-order chi connectivity index (χ0) is 19.4. The first kappa shape index (κ1) is 19.4. The van der Waals surface area contributed by atoms with E-state index in [0.29, 0.717) is 22.7 Å². The second kappa shape index (κ2) is 8.11. The normalized spacial score (nSPS) is 20.0. The van der Waals surface area contributed by atoms with Crippen molar-refractivity contribution >= 4 is 23.3 Å². The Bertz CT molecular complexity index is 850. The van der Waals surface area contributed by atoms with Crippen LogP contribution in [0.3, 0.4) is 0 Å². The number of carbonyl (C=O) groups is 1.